The van der Waals surface area contributed by atoms with Crippen molar-refractivity contribution in [2.24, 2.45) is 11.7 Å². The monoisotopic (exact) mass is 309 g/mol. The van der Waals surface area contributed by atoms with Gasteiger partial charge < -0.3 is 10.5 Å². The van der Waals surface area contributed by atoms with Gasteiger partial charge in [0.05, 0.1) is 11.1 Å². The van der Waals surface area contributed by atoms with E-state index in [1.807, 2.05) is 6.07 Å². The minimum atomic E-state index is 0.178. The van der Waals surface area contributed by atoms with E-state index in [0.717, 1.165) is 22.7 Å². The Morgan fingerprint density at radius 1 is 1.44 bits per heavy atom. The highest BCUT2D eigenvalue weighted by molar-refractivity contribution is 9.10. The van der Waals surface area contributed by atoms with E-state index < -0.39 is 0 Å². The van der Waals surface area contributed by atoms with Crippen LogP contribution in [0.1, 0.15) is 38.2 Å². The Hall–Kier alpha value is -0.540. The van der Waals surface area contributed by atoms with E-state index in [2.05, 4.69) is 35.0 Å². The lowest BCUT2D eigenvalue weighted by atomic mass is 9.89. The fourth-order valence-corrected chi connectivity index (χ4v) is 3.38. The zero-order chi connectivity index (χ0) is 12.8. The van der Waals surface area contributed by atoms with Crippen molar-refractivity contribution in [3.05, 3.63) is 28.2 Å². The maximum absolute atomic E-state index is 6.15. The van der Waals surface area contributed by atoms with Gasteiger partial charge in [-0.15, -0.1) is 0 Å². The fourth-order valence-electron chi connectivity index (χ4n) is 2.60. The van der Waals surface area contributed by atoms with Gasteiger partial charge in [0, 0.05) is 11.5 Å². The average Bonchev–Trinajstić information content (AvgIpc) is 3.22. The lowest BCUT2D eigenvalue weighted by Crippen LogP contribution is -2.31. The molecule has 0 saturated heterocycles. The molecule has 2 saturated carbocycles. The van der Waals surface area contributed by atoms with Crippen molar-refractivity contribution in [1.29, 1.82) is 0 Å². The molecule has 2 aliphatic rings. The molecule has 0 aliphatic heterocycles. The highest BCUT2D eigenvalue weighted by Crippen LogP contribution is 2.53. The maximum Gasteiger partial charge on any atom is 0.133 e. The van der Waals surface area contributed by atoms with Crippen LogP contribution in [-0.2, 0) is 5.41 Å². The van der Waals surface area contributed by atoms with Crippen molar-refractivity contribution in [1.82, 2.24) is 0 Å². The lowest BCUT2D eigenvalue weighted by molar-refractivity contribution is 0.297. The molecule has 2 N–H and O–H groups in total. The quantitative estimate of drug-likeness (QED) is 0.901. The Balaban J connectivity index is 1.84. The van der Waals surface area contributed by atoms with Crippen LogP contribution in [0.2, 0.25) is 0 Å². The van der Waals surface area contributed by atoms with Gasteiger partial charge in [0.1, 0.15) is 5.75 Å². The van der Waals surface area contributed by atoms with Gasteiger partial charge in [-0.2, -0.15) is 0 Å². The Labute approximate surface area is 117 Å². The van der Waals surface area contributed by atoms with Gasteiger partial charge in [0.15, 0.2) is 0 Å². The summed E-state index contributed by atoms with van der Waals surface area (Å²) in [5.74, 6) is 1.76. The first kappa shape index (κ1) is 12.5. The summed E-state index contributed by atoms with van der Waals surface area (Å²) in [6, 6.07) is 6.52. The third-order valence-corrected chi connectivity index (χ3v) is 5.15. The van der Waals surface area contributed by atoms with Crippen molar-refractivity contribution >= 4 is 15.9 Å². The molecule has 2 nitrogen and oxygen atoms in total. The minimum Gasteiger partial charge on any atom is -0.492 e. The van der Waals surface area contributed by atoms with Crippen LogP contribution in [0.3, 0.4) is 0 Å². The van der Waals surface area contributed by atoms with Crippen molar-refractivity contribution in [2.75, 3.05) is 6.61 Å². The summed E-state index contributed by atoms with van der Waals surface area (Å²) in [4.78, 5) is 0. The third-order valence-electron chi connectivity index (χ3n) is 4.33. The normalized spacial score (nSPS) is 22.6. The molecule has 1 unspecified atom stereocenters. The van der Waals surface area contributed by atoms with Gasteiger partial charge in [-0.1, -0.05) is 12.1 Å². The first-order valence-electron chi connectivity index (χ1n) is 6.81. The molecular weight excluding hydrogens is 290 g/mol. The predicted molar refractivity (Wildman–Crippen MR) is 76.9 cm³/mol. The second kappa shape index (κ2) is 4.53. The summed E-state index contributed by atoms with van der Waals surface area (Å²) in [6.07, 6.45) is 5.02. The smallest absolute Gasteiger partial charge is 0.133 e. The molecule has 0 radical (unpaired) electrons. The number of nitrogens with two attached hydrogens (primary N) is 1. The molecule has 1 aromatic rings. The number of hydrogen-bond acceptors (Lipinski definition) is 2. The molecule has 0 heterocycles. The number of ether oxygens (including phenoxy) is 1. The zero-order valence-corrected chi connectivity index (χ0v) is 12.4. The second-order valence-corrected chi connectivity index (χ2v) is 6.61. The highest BCUT2D eigenvalue weighted by atomic mass is 79.9. The molecule has 0 bridgehead atoms. The Kier molecular flexibility index (Phi) is 3.15. The number of benzene rings is 1. The van der Waals surface area contributed by atoms with Crippen LogP contribution in [0.15, 0.2) is 22.7 Å². The van der Waals surface area contributed by atoms with Crippen LogP contribution in [0.5, 0.6) is 5.75 Å². The first-order chi connectivity index (χ1) is 8.63. The Morgan fingerprint density at radius 2 is 2.17 bits per heavy atom. The zero-order valence-electron chi connectivity index (χ0n) is 10.8. The summed E-state index contributed by atoms with van der Waals surface area (Å²) < 4.78 is 7.03. The van der Waals surface area contributed by atoms with Gasteiger partial charge in [-0.05, 0) is 66.1 Å². The van der Waals surface area contributed by atoms with E-state index in [4.69, 9.17) is 10.5 Å². The molecule has 2 fully saturated rings. The van der Waals surface area contributed by atoms with Crippen molar-refractivity contribution in [2.45, 2.75) is 44.1 Å². The minimum absolute atomic E-state index is 0.178. The average molecular weight is 310 g/mol. The number of rotatable bonds is 5. The maximum atomic E-state index is 6.15. The van der Waals surface area contributed by atoms with Gasteiger partial charge in [0.2, 0.25) is 0 Å². The Morgan fingerprint density at radius 3 is 2.72 bits per heavy atom. The molecule has 18 heavy (non-hydrogen) atoms. The topological polar surface area (TPSA) is 35.2 Å². The van der Waals surface area contributed by atoms with Gasteiger partial charge in [-0.3, -0.25) is 0 Å². The SMILES string of the molecule is CC(N)C1(c2cccc(OCC3CC3)c2Br)CC1. The van der Waals surface area contributed by atoms with E-state index in [-0.39, 0.29) is 11.5 Å². The van der Waals surface area contributed by atoms with Crippen molar-refractivity contribution in [3.63, 3.8) is 0 Å². The molecule has 3 heteroatoms. The molecule has 1 aromatic carbocycles. The summed E-state index contributed by atoms with van der Waals surface area (Å²) in [5, 5.41) is 0. The van der Waals surface area contributed by atoms with Gasteiger partial charge >= 0.3 is 0 Å². The molecule has 1 atom stereocenters. The van der Waals surface area contributed by atoms with Crippen molar-refractivity contribution < 1.29 is 4.74 Å². The molecule has 2 aliphatic carbocycles. The third kappa shape index (κ3) is 2.19. The lowest BCUT2D eigenvalue weighted by Gasteiger charge is -2.22. The van der Waals surface area contributed by atoms with Gasteiger partial charge in [-0.25, -0.2) is 0 Å². The van der Waals surface area contributed by atoms with Crippen LogP contribution < -0.4 is 10.5 Å². The van der Waals surface area contributed by atoms with Crippen LogP contribution in [0, 0.1) is 5.92 Å². The number of halogens is 1. The predicted octanol–water partition coefficient (Wildman–Crippen LogP) is 3.62. The summed E-state index contributed by atoms with van der Waals surface area (Å²) in [6.45, 7) is 2.96. The molecule has 0 spiro atoms. The van der Waals surface area contributed by atoms with E-state index in [0.29, 0.717) is 0 Å². The summed E-state index contributed by atoms with van der Waals surface area (Å²) in [5.41, 5.74) is 7.66. The van der Waals surface area contributed by atoms with Gasteiger partial charge in [0.25, 0.3) is 0 Å². The molecule has 98 valence electrons. The first-order valence-corrected chi connectivity index (χ1v) is 7.60. The fraction of sp³-hybridized carbons (Fsp3) is 0.600. The largest absolute Gasteiger partial charge is 0.492 e. The van der Waals surface area contributed by atoms with E-state index in [9.17, 15) is 0 Å². The Bertz CT molecular complexity index is 450. The van der Waals surface area contributed by atoms with E-state index >= 15 is 0 Å². The van der Waals surface area contributed by atoms with Crippen molar-refractivity contribution in [3.8, 4) is 5.75 Å². The van der Waals surface area contributed by atoms with E-state index in [1.54, 1.807) is 0 Å². The molecule has 0 amide bonds. The second-order valence-electron chi connectivity index (χ2n) is 5.82. The summed E-state index contributed by atoms with van der Waals surface area (Å²) >= 11 is 3.72. The molecule has 3 rings (SSSR count). The van der Waals surface area contributed by atoms with Crippen LogP contribution in [-0.4, -0.2) is 12.6 Å². The van der Waals surface area contributed by atoms with Crippen LogP contribution >= 0.6 is 15.9 Å². The number of hydrogen-bond donors (Lipinski definition) is 1. The van der Waals surface area contributed by atoms with E-state index in [1.165, 1.54) is 31.2 Å². The summed E-state index contributed by atoms with van der Waals surface area (Å²) in [7, 11) is 0. The molecule has 0 aromatic heterocycles. The highest BCUT2D eigenvalue weighted by Gasteiger charge is 2.48. The standard InChI is InChI=1S/C15H20BrNO/c1-10(17)15(7-8-15)12-3-2-4-13(14(12)16)18-9-11-5-6-11/h2-4,10-11H,5-9,17H2,1H3. The van der Waals surface area contributed by atoms with Crippen LogP contribution in [0.4, 0.5) is 0 Å². The molecular formula is C15H20BrNO. The van der Waals surface area contributed by atoms with Crippen LogP contribution in [0.25, 0.3) is 0 Å².